The van der Waals surface area contributed by atoms with Crippen LogP contribution in [-0.4, -0.2) is 45.0 Å². The summed E-state index contributed by atoms with van der Waals surface area (Å²) < 4.78 is 0. The van der Waals surface area contributed by atoms with Gasteiger partial charge in [0.05, 0.1) is 0 Å². The van der Waals surface area contributed by atoms with Crippen molar-refractivity contribution in [2.75, 3.05) is 0 Å². The maximum absolute atomic E-state index is 0. The molecule has 22 valence electrons. The molecule has 2 nitrogen and oxygen atoms in total. The third-order valence-electron chi connectivity index (χ3n) is 0. The molecule has 6 radical (unpaired) electrons. The molecule has 0 unspecified atom stereocenters. The van der Waals surface area contributed by atoms with Crippen LogP contribution in [0.2, 0.25) is 0 Å². The molecular formula is H3MgO2Si-. The largest absolute Gasteiger partial charge is 0.870 e. The van der Waals surface area contributed by atoms with Gasteiger partial charge in [-0.2, -0.15) is 0 Å². The van der Waals surface area contributed by atoms with Crippen molar-refractivity contribution in [3.05, 3.63) is 0 Å². The number of rotatable bonds is 0. The minimum Gasteiger partial charge on any atom is -0.870 e. The smallest absolute Gasteiger partial charge is 0 e. The fourth-order valence-electron chi connectivity index (χ4n) is 0. The molecule has 4 heavy (non-hydrogen) atoms. The Balaban J connectivity index is 0. The first-order valence-electron chi connectivity index (χ1n) is 0. The number of hydrogen-bond donors (Lipinski definition) is 0. The predicted molar refractivity (Wildman–Crippen MR) is 17.1 cm³/mol. The van der Waals surface area contributed by atoms with Gasteiger partial charge in [0.25, 0.3) is 0 Å². The van der Waals surface area contributed by atoms with Gasteiger partial charge in [0.15, 0.2) is 0 Å². The quantitative estimate of drug-likeness (QED) is 0.323. The van der Waals surface area contributed by atoms with E-state index >= 15 is 0 Å². The van der Waals surface area contributed by atoms with Crippen molar-refractivity contribution in [2.45, 2.75) is 0 Å². The molecule has 0 atom stereocenters. The van der Waals surface area contributed by atoms with E-state index in [2.05, 4.69) is 0 Å². The zero-order valence-corrected chi connectivity index (χ0v) is 4.57. The van der Waals surface area contributed by atoms with Crippen molar-refractivity contribution < 1.29 is 11.0 Å². The molecule has 0 saturated carbocycles. The van der Waals surface area contributed by atoms with Crippen LogP contribution in [0.5, 0.6) is 0 Å². The molecule has 0 aromatic heterocycles. The average molecular weight is 87.4 g/mol. The summed E-state index contributed by atoms with van der Waals surface area (Å²) in [5.41, 5.74) is 0. The Labute approximate surface area is 45.4 Å². The van der Waals surface area contributed by atoms with Gasteiger partial charge in [-0.1, -0.05) is 0 Å². The molecule has 0 bridgehead atoms. The molecule has 0 heterocycles. The summed E-state index contributed by atoms with van der Waals surface area (Å²) >= 11 is 0. The van der Waals surface area contributed by atoms with Gasteiger partial charge in [-0.25, -0.2) is 0 Å². The van der Waals surface area contributed by atoms with E-state index in [1.807, 2.05) is 0 Å². The van der Waals surface area contributed by atoms with Crippen LogP contribution in [0.1, 0.15) is 0 Å². The first-order chi connectivity index (χ1) is 0. The van der Waals surface area contributed by atoms with Gasteiger partial charge in [0.2, 0.25) is 0 Å². The summed E-state index contributed by atoms with van der Waals surface area (Å²) in [6.07, 6.45) is 0. The van der Waals surface area contributed by atoms with E-state index < -0.39 is 0 Å². The molecule has 0 aliphatic carbocycles. The van der Waals surface area contributed by atoms with E-state index in [9.17, 15) is 0 Å². The van der Waals surface area contributed by atoms with E-state index in [4.69, 9.17) is 0 Å². The third kappa shape index (κ3) is 12.9. The molecule has 0 amide bonds. The molecular weight excluding hydrogens is 84.4 g/mol. The molecule has 0 aliphatic rings. The molecule has 0 aromatic rings. The molecule has 3 N–H and O–H groups in total. The Morgan fingerprint density at radius 2 is 1.00 bits per heavy atom. The molecule has 0 fully saturated rings. The third-order valence-corrected chi connectivity index (χ3v) is 0. The lowest BCUT2D eigenvalue weighted by molar-refractivity contribution is 0.823. The topological polar surface area (TPSA) is 61.5 Å². The monoisotopic (exact) mass is 87.0 g/mol. The van der Waals surface area contributed by atoms with Crippen molar-refractivity contribution >= 4 is 34.0 Å². The Morgan fingerprint density at radius 1 is 1.00 bits per heavy atom. The van der Waals surface area contributed by atoms with E-state index in [0.29, 0.717) is 0 Å². The maximum Gasteiger partial charge on any atom is 0 e. The summed E-state index contributed by atoms with van der Waals surface area (Å²) in [5.74, 6) is 0. The van der Waals surface area contributed by atoms with Gasteiger partial charge >= 0.3 is 0 Å². The van der Waals surface area contributed by atoms with Crippen LogP contribution in [0, 0.1) is 0 Å². The summed E-state index contributed by atoms with van der Waals surface area (Å²) in [7, 11) is 0. The Kier molecular flexibility index (Phi) is 923. The van der Waals surface area contributed by atoms with Gasteiger partial charge in [0, 0.05) is 34.0 Å². The number of hydrogen-bond acceptors (Lipinski definition) is 1. The van der Waals surface area contributed by atoms with E-state index in [1.54, 1.807) is 0 Å². The highest BCUT2D eigenvalue weighted by Gasteiger charge is 0.00101. The Hall–Kier alpha value is 0.903. The lowest BCUT2D eigenvalue weighted by Crippen LogP contribution is -0.382. The fraction of sp³-hybridized carbons (Fsp3) is 0. The van der Waals surface area contributed by atoms with Crippen molar-refractivity contribution in [2.24, 2.45) is 0 Å². The standard InChI is InChI=1S/Mg.2H2O.Si/h;2*1H2;/p-1. The molecule has 0 spiro atoms. The minimum absolute atomic E-state index is 0. The minimum atomic E-state index is 0. The molecule has 0 aromatic carbocycles. The van der Waals surface area contributed by atoms with Crippen molar-refractivity contribution in [3.8, 4) is 0 Å². The molecule has 0 rings (SSSR count). The van der Waals surface area contributed by atoms with Crippen molar-refractivity contribution in [3.63, 3.8) is 0 Å². The van der Waals surface area contributed by atoms with Crippen LogP contribution < -0.4 is 0 Å². The van der Waals surface area contributed by atoms with Gasteiger partial charge in [0.1, 0.15) is 0 Å². The van der Waals surface area contributed by atoms with Gasteiger partial charge < -0.3 is 11.0 Å². The Bertz CT molecular complexity index is 6.00. The fourth-order valence-corrected chi connectivity index (χ4v) is 0. The van der Waals surface area contributed by atoms with Crippen LogP contribution in [0.4, 0.5) is 0 Å². The summed E-state index contributed by atoms with van der Waals surface area (Å²) in [5, 5.41) is 0. The van der Waals surface area contributed by atoms with Crippen LogP contribution >= 0.6 is 0 Å². The zero-order valence-electron chi connectivity index (χ0n) is 2.15. The average Bonchev–Trinajstić information content (AvgIpc) is 0. The first kappa shape index (κ1) is 91.6. The zero-order chi connectivity index (χ0) is 0. The summed E-state index contributed by atoms with van der Waals surface area (Å²) in [6.45, 7) is 0. The summed E-state index contributed by atoms with van der Waals surface area (Å²) in [6, 6.07) is 0. The highest BCUT2D eigenvalue weighted by atomic mass is 28.1. The SMILES string of the molecule is O.[Mg].[OH-].[Si]. The lowest BCUT2D eigenvalue weighted by Gasteiger charge is -0.870. The molecule has 0 saturated heterocycles. The highest BCUT2D eigenvalue weighted by Crippen LogP contribution is -0.288. The van der Waals surface area contributed by atoms with Crippen LogP contribution in [0.15, 0.2) is 0 Å². The Morgan fingerprint density at radius 3 is 1.00 bits per heavy atom. The predicted octanol–water partition coefficient (Wildman–Crippen LogP) is -1.76. The van der Waals surface area contributed by atoms with Crippen LogP contribution in [-0.2, 0) is 0 Å². The second-order valence-corrected chi connectivity index (χ2v) is 0. The first-order valence-corrected chi connectivity index (χ1v) is 0. The summed E-state index contributed by atoms with van der Waals surface area (Å²) in [4.78, 5) is 0. The van der Waals surface area contributed by atoms with E-state index in [-0.39, 0.29) is 45.0 Å². The molecule has 0 aliphatic heterocycles. The lowest BCUT2D eigenvalue weighted by atomic mass is 16.0. The van der Waals surface area contributed by atoms with Crippen LogP contribution in [0.25, 0.3) is 0 Å². The van der Waals surface area contributed by atoms with Crippen molar-refractivity contribution in [1.82, 2.24) is 0 Å². The highest BCUT2D eigenvalue weighted by molar-refractivity contribution is 5.76. The van der Waals surface area contributed by atoms with E-state index in [0.717, 1.165) is 0 Å². The molecule has 4 heteroatoms. The maximum atomic E-state index is 0. The van der Waals surface area contributed by atoms with Crippen LogP contribution in [0.3, 0.4) is 0 Å². The van der Waals surface area contributed by atoms with E-state index in [1.165, 1.54) is 0 Å². The normalized spacial score (nSPS) is 0. The van der Waals surface area contributed by atoms with Crippen molar-refractivity contribution in [1.29, 1.82) is 0 Å². The van der Waals surface area contributed by atoms with Gasteiger partial charge in [-0.15, -0.1) is 0 Å². The second kappa shape index (κ2) is 40.3. The van der Waals surface area contributed by atoms with Gasteiger partial charge in [-0.05, 0) is 0 Å². The second-order valence-electron chi connectivity index (χ2n) is 0. The van der Waals surface area contributed by atoms with Gasteiger partial charge in [-0.3, -0.25) is 0 Å².